The van der Waals surface area contributed by atoms with E-state index in [1.54, 1.807) is 12.1 Å². The molecule has 0 saturated carbocycles. The van der Waals surface area contributed by atoms with Gasteiger partial charge in [0.25, 0.3) is 5.91 Å². The van der Waals surface area contributed by atoms with Crippen LogP contribution in [-0.2, 0) is 20.7 Å². The average Bonchev–Trinajstić information content (AvgIpc) is 2.44. The van der Waals surface area contributed by atoms with Crippen molar-refractivity contribution in [3.8, 4) is 5.75 Å². The van der Waals surface area contributed by atoms with Crippen molar-refractivity contribution < 1.29 is 19.1 Å². The molecule has 5 heteroatoms. The molecule has 1 aromatic rings. The Morgan fingerprint density at radius 2 is 2.05 bits per heavy atom. The molecule has 0 aromatic heterocycles. The van der Waals surface area contributed by atoms with E-state index in [9.17, 15) is 9.59 Å². The second kappa shape index (κ2) is 8.87. The fourth-order valence-corrected chi connectivity index (χ4v) is 1.78. The van der Waals surface area contributed by atoms with Gasteiger partial charge < -0.3 is 14.8 Å². The summed E-state index contributed by atoms with van der Waals surface area (Å²) in [7, 11) is 0. The van der Waals surface area contributed by atoms with Crippen molar-refractivity contribution in [3.05, 3.63) is 42.5 Å². The van der Waals surface area contributed by atoms with Crippen molar-refractivity contribution >= 4 is 11.9 Å². The van der Waals surface area contributed by atoms with Crippen molar-refractivity contribution in [2.24, 2.45) is 0 Å². The molecule has 1 aromatic carbocycles. The lowest BCUT2D eigenvalue weighted by molar-refractivity contribution is -0.154. The Kier molecular flexibility index (Phi) is 7.16. The van der Waals surface area contributed by atoms with E-state index in [0.29, 0.717) is 12.3 Å². The number of rotatable bonds is 8. The summed E-state index contributed by atoms with van der Waals surface area (Å²) in [5.41, 5.74) is 0.779. The predicted molar refractivity (Wildman–Crippen MR) is 84.7 cm³/mol. The topological polar surface area (TPSA) is 64.6 Å². The maximum Gasteiger partial charge on any atom is 0.311 e. The summed E-state index contributed by atoms with van der Waals surface area (Å²) in [6, 6.07) is 7.27. The molecule has 0 radical (unpaired) electrons. The molecule has 1 rings (SSSR count). The quantitative estimate of drug-likeness (QED) is 0.591. The highest BCUT2D eigenvalue weighted by Gasteiger charge is 2.17. The Morgan fingerprint density at radius 1 is 1.32 bits per heavy atom. The van der Waals surface area contributed by atoms with Gasteiger partial charge in [-0.3, -0.25) is 9.59 Å². The summed E-state index contributed by atoms with van der Waals surface area (Å²) in [5, 5.41) is 2.58. The van der Waals surface area contributed by atoms with Gasteiger partial charge in [0, 0.05) is 6.54 Å². The van der Waals surface area contributed by atoms with Gasteiger partial charge in [-0.05, 0) is 38.5 Å². The molecule has 0 spiro atoms. The Labute approximate surface area is 131 Å². The zero-order chi connectivity index (χ0) is 16.5. The Balaban J connectivity index is 2.54. The molecule has 0 aliphatic carbocycles. The van der Waals surface area contributed by atoms with Crippen LogP contribution in [0.1, 0.15) is 26.3 Å². The lowest BCUT2D eigenvalue weighted by Crippen LogP contribution is -2.36. The minimum absolute atomic E-state index is 0.0655. The SMILES string of the molecule is C=CCNC(=O)C(C)OC(=O)Cc1cccc(OC(C)C)c1. The molecule has 22 heavy (non-hydrogen) atoms. The Bertz CT molecular complexity index is 525. The smallest absolute Gasteiger partial charge is 0.311 e. The van der Waals surface area contributed by atoms with E-state index in [1.165, 1.54) is 6.92 Å². The van der Waals surface area contributed by atoms with E-state index in [-0.39, 0.29) is 18.4 Å². The highest BCUT2D eigenvalue weighted by Crippen LogP contribution is 2.15. The summed E-state index contributed by atoms with van der Waals surface area (Å²) in [6.07, 6.45) is 0.888. The Hall–Kier alpha value is -2.30. The van der Waals surface area contributed by atoms with Crippen molar-refractivity contribution in [1.29, 1.82) is 0 Å². The van der Waals surface area contributed by atoms with Gasteiger partial charge in [0.15, 0.2) is 6.10 Å². The molecule has 1 amide bonds. The zero-order valence-corrected chi connectivity index (χ0v) is 13.3. The minimum atomic E-state index is -0.831. The molecule has 0 bridgehead atoms. The highest BCUT2D eigenvalue weighted by molar-refractivity contribution is 5.84. The van der Waals surface area contributed by atoms with Gasteiger partial charge in [-0.15, -0.1) is 6.58 Å². The van der Waals surface area contributed by atoms with Crippen LogP contribution in [0.4, 0.5) is 0 Å². The number of esters is 1. The molecule has 5 nitrogen and oxygen atoms in total. The van der Waals surface area contributed by atoms with Crippen LogP contribution in [0.15, 0.2) is 36.9 Å². The molecule has 0 aliphatic heterocycles. The molecule has 0 heterocycles. The summed E-state index contributed by atoms with van der Waals surface area (Å²) in [4.78, 5) is 23.5. The first-order chi connectivity index (χ1) is 10.4. The van der Waals surface area contributed by atoms with Gasteiger partial charge in [-0.1, -0.05) is 18.2 Å². The molecule has 0 fully saturated rings. The number of hydrogen-bond donors (Lipinski definition) is 1. The first kappa shape index (κ1) is 17.8. The summed E-state index contributed by atoms with van der Waals surface area (Å²) in [5.74, 6) is -0.0924. The summed E-state index contributed by atoms with van der Waals surface area (Å²) in [6.45, 7) is 9.25. The fraction of sp³-hybridized carbons (Fsp3) is 0.412. The lowest BCUT2D eigenvalue weighted by Gasteiger charge is -2.13. The third kappa shape index (κ3) is 6.43. The molecular formula is C17H23NO4. The molecule has 1 atom stereocenters. The van der Waals surface area contributed by atoms with Crippen LogP contribution >= 0.6 is 0 Å². The van der Waals surface area contributed by atoms with Crippen molar-refractivity contribution in [3.63, 3.8) is 0 Å². The number of nitrogens with one attached hydrogen (secondary N) is 1. The van der Waals surface area contributed by atoms with Crippen LogP contribution in [0, 0.1) is 0 Å². The molecule has 0 saturated heterocycles. The monoisotopic (exact) mass is 305 g/mol. The molecule has 1 N–H and O–H groups in total. The molecular weight excluding hydrogens is 282 g/mol. The third-order valence-corrected chi connectivity index (χ3v) is 2.72. The average molecular weight is 305 g/mol. The summed E-state index contributed by atoms with van der Waals surface area (Å²) >= 11 is 0. The number of carbonyl (C=O) groups excluding carboxylic acids is 2. The van der Waals surface area contributed by atoms with Crippen LogP contribution in [0.25, 0.3) is 0 Å². The lowest BCUT2D eigenvalue weighted by atomic mass is 10.1. The maximum absolute atomic E-state index is 11.9. The summed E-state index contributed by atoms with van der Waals surface area (Å²) < 4.78 is 10.7. The van der Waals surface area contributed by atoms with Crippen LogP contribution in [0.3, 0.4) is 0 Å². The predicted octanol–water partition coefficient (Wildman–Crippen LogP) is 2.25. The number of amides is 1. The zero-order valence-electron chi connectivity index (χ0n) is 13.3. The largest absolute Gasteiger partial charge is 0.491 e. The van der Waals surface area contributed by atoms with E-state index in [0.717, 1.165) is 5.56 Å². The fourth-order valence-electron chi connectivity index (χ4n) is 1.78. The van der Waals surface area contributed by atoms with E-state index in [2.05, 4.69) is 11.9 Å². The van der Waals surface area contributed by atoms with Crippen LogP contribution in [-0.4, -0.2) is 30.6 Å². The van der Waals surface area contributed by atoms with Gasteiger partial charge in [-0.2, -0.15) is 0 Å². The van der Waals surface area contributed by atoms with Crippen molar-refractivity contribution in [1.82, 2.24) is 5.32 Å². The maximum atomic E-state index is 11.9. The standard InChI is InChI=1S/C17H23NO4/c1-5-9-18-17(20)13(4)22-16(19)11-14-7-6-8-15(10-14)21-12(2)3/h5-8,10,12-13H,1,9,11H2,2-4H3,(H,18,20). The van der Waals surface area contributed by atoms with Crippen molar-refractivity contribution in [2.45, 2.75) is 39.4 Å². The molecule has 120 valence electrons. The second-order valence-electron chi connectivity index (χ2n) is 5.16. The number of ether oxygens (including phenoxy) is 2. The van der Waals surface area contributed by atoms with E-state index < -0.39 is 12.1 Å². The van der Waals surface area contributed by atoms with Crippen LogP contribution < -0.4 is 10.1 Å². The highest BCUT2D eigenvalue weighted by atomic mass is 16.5. The van der Waals surface area contributed by atoms with Gasteiger partial charge in [0.05, 0.1) is 12.5 Å². The molecule has 0 aliphatic rings. The second-order valence-corrected chi connectivity index (χ2v) is 5.16. The third-order valence-electron chi connectivity index (χ3n) is 2.72. The first-order valence-corrected chi connectivity index (χ1v) is 7.26. The van der Waals surface area contributed by atoms with E-state index in [4.69, 9.17) is 9.47 Å². The van der Waals surface area contributed by atoms with Gasteiger partial charge in [0.2, 0.25) is 0 Å². The molecule has 1 unspecified atom stereocenters. The number of hydrogen-bond acceptors (Lipinski definition) is 4. The van der Waals surface area contributed by atoms with E-state index in [1.807, 2.05) is 32.0 Å². The number of carbonyl (C=O) groups is 2. The minimum Gasteiger partial charge on any atom is -0.491 e. The van der Waals surface area contributed by atoms with Gasteiger partial charge in [0.1, 0.15) is 5.75 Å². The first-order valence-electron chi connectivity index (χ1n) is 7.26. The van der Waals surface area contributed by atoms with Crippen molar-refractivity contribution in [2.75, 3.05) is 6.54 Å². The van der Waals surface area contributed by atoms with Crippen LogP contribution in [0.5, 0.6) is 5.75 Å². The van der Waals surface area contributed by atoms with Gasteiger partial charge in [-0.25, -0.2) is 0 Å². The number of benzene rings is 1. The Morgan fingerprint density at radius 3 is 2.68 bits per heavy atom. The normalized spacial score (nSPS) is 11.6. The van der Waals surface area contributed by atoms with E-state index >= 15 is 0 Å². The van der Waals surface area contributed by atoms with Gasteiger partial charge >= 0.3 is 5.97 Å². The van der Waals surface area contributed by atoms with Crippen LogP contribution in [0.2, 0.25) is 0 Å².